The predicted molar refractivity (Wildman–Crippen MR) is 129 cm³/mol. The zero-order valence-electron chi connectivity index (χ0n) is 20.2. The largest absolute Gasteiger partial charge is 0.477 e. The van der Waals surface area contributed by atoms with Crippen molar-refractivity contribution in [1.29, 1.82) is 0 Å². The Bertz CT molecular complexity index is 1210. The van der Waals surface area contributed by atoms with Crippen LogP contribution in [0.5, 0.6) is 5.88 Å². The maximum atomic E-state index is 13.3. The number of aromatic nitrogens is 3. The van der Waals surface area contributed by atoms with Gasteiger partial charge in [0, 0.05) is 23.0 Å². The minimum Gasteiger partial charge on any atom is -0.477 e. The topological polar surface area (TPSA) is 104 Å². The molecule has 0 saturated heterocycles. The summed E-state index contributed by atoms with van der Waals surface area (Å²) in [4.78, 5) is 17.2. The minimum absolute atomic E-state index is 0.223. The van der Waals surface area contributed by atoms with Crippen molar-refractivity contribution in [2.75, 3.05) is 6.61 Å². The van der Waals surface area contributed by atoms with Crippen molar-refractivity contribution in [2.45, 2.75) is 70.1 Å². The van der Waals surface area contributed by atoms with Crippen molar-refractivity contribution in [3.05, 3.63) is 58.9 Å². The number of hydrogen-bond donors (Lipinski definition) is 1. The summed E-state index contributed by atoms with van der Waals surface area (Å²) in [5.41, 5.74) is 7.92. The number of nitrogens with two attached hydrogens (primary N) is 1. The lowest BCUT2D eigenvalue weighted by atomic mass is 9.78. The van der Waals surface area contributed by atoms with Gasteiger partial charge < -0.3 is 14.9 Å². The molecule has 2 fully saturated rings. The molecule has 2 N–H and O–H groups in total. The van der Waals surface area contributed by atoms with Crippen molar-refractivity contribution in [3.63, 3.8) is 0 Å². The van der Waals surface area contributed by atoms with Gasteiger partial charge in [0.15, 0.2) is 0 Å². The van der Waals surface area contributed by atoms with Crippen LogP contribution in [0.15, 0.2) is 34.7 Å². The van der Waals surface area contributed by atoms with Gasteiger partial charge in [-0.15, -0.1) is 10.2 Å². The van der Waals surface area contributed by atoms with Gasteiger partial charge >= 0.3 is 0 Å². The molecule has 35 heavy (non-hydrogen) atoms. The molecule has 1 amide bonds. The summed E-state index contributed by atoms with van der Waals surface area (Å²) >= 11 is 0. The van der Waals surface area contributed by atoms with Crippen LogP contribution in [-0.2, 0) is 11.8 Å². The molecule has 0 atom stereocenters. The molecular formula is C27H31FN4O3. The lowest BCUT2D eigenvalue weighted by molar-refractivity contribution is 0.0991. The second-order valence-electron chi connectivity index (χ2n) is 10.4. The number of carbonyl (C=O) groups excluding carboxylic acids is 1. The van der Waals surface area contributed by atoms with Gasteiger partial charge in [-0.25, -0.2) is 9.37 Å². The van der Waals surface area contributed by atoms with Crippen molar-refractivity contribution in [1.82, 2.24) is 15.2 Å². The molecule has 0 aliphatic heterocycles. The van der Waals surface area contributed by atoms with E-state index in [9.17, 15) is 9.18 Å². The van der Waals surface area contributed by atoms with Crippen LogP contribution in [0.1, 0.15) is 85.8 Å². The Kier molecular flexibility index (Phi) is 6.30. The lowest BCUT2D eigenvalue weighted by Gasteiger charge is -2.27. The number of hydrogen-bond acceptors (Lipinski definition) is 6. The zero-order valence-corrected chi connectivity index (χ0v) is 20.2. The summed E-state index contributed by atoms with van der Waals surface area (Å²) in [6.07, 6.45) is 7.26. The average molecular weight is 479 g/mol. The highest BCUT2D eigenvalue weighted by Crippen LogP contribution is 2.42. The van der Waals surface area contributed by atoms with Crippen LogP contribution < -0.4 is 10.5 Å². The Hall–Kier alpha value is -3.29. The first-order valence-electron chi connectivity index (χ1n) is 12.4. The van der Waals surface area contributed by atoms with Gasteiger partial charge in [0.25, 0.3) is 5.91 Å². The standard InChI is InChI=1S/C27H31FN4O3/c1-27(2,14-22-31-32-25(35-22)18-9-11-19(28)12-10-18)21-13-20(17-5-3-4-6-17)26(30-23(21)24(29)33)34-15-16-7-8-16/h9-13,16-17H,3-8,14-15H2,1-2H3,(H2,29,33). The second kappa shape index (κ2) is 9.40. The van der Waals surface area contributed by atoms with Gasteiger partial charge in [-0.05, 0) is 73.4 Å². The highest BCUT2D eigenvalue weighted by molar-refractivity contribution is 5.93. The molecule has 3 aromatic rings. The predicted octanol–water partition coefficient (Wildman–Crippen LogP) is 5.34. The molecule has 2 aromatic heterocycles. The molecule has 1 aromatic carbocycles. The molecule has 0 unspecified atom stereocenters. The Labute approximate surface area is 204 Å². The van der Waals surface area contributed by atoms with E-state index in [4.69, 9.17) is 14.9 Å². The van der Waals surface area contributed by atoms with Gasteiger partial charge in [-0.1, -0.05) is 26.7 Å². The van der Waals surface area contributed by atoms with Gasteiger partial charge in [-0.3, -0.25) is 4.79 Å². The molecule has 184 valence electrons. The average Bonchev–Trinajstić information content (AvgIpc) is 3.28. The van der Waals surface area contributed by atoms with Crippen LogP contribution >= 0.6 is 0 Å². The molecule has 2 heterocycles. The van der Waals surface area contributed by atoms with Gasteiger partial charge in [-0.2, -0.15) is 0 Å². The van der Waals surface area contributed by atoms with E-state index in [2.05, 4.69) is 21.2 Å². The highest BCUT2D eigenvalue weighted by atomic mass is 19.1. The van der Waals surface area contributed by atoms with E-state index in [0.29, 0.717) is 48.1 Å². The highest BCUT2D eigenvalue weighted by Gasteiger charge is 2.33. The van der Waals surface area contributed by atoms with Crippen molar-refractivity contribution < 1.29 is 18.3 Å². The first-order chi connectivity index (χ1) is 16.8. The first-order valence-corrected chi connectivity index (χ1v) is 12.4. The van der Waals surface area contributed by atoms with E-state index >= 15 is 0 Å². The minimum atomic E-state index is -0.583. The Morgan fingerprint density at radius 1 is 1.14 bits per heavy atom. The maximum absolute atomic E-state index is 13.3. The molecule has 2 aliphatic rings. The van der Waals surface area contributed by atoms with Gasteiger partial charge in [0.1, 0.15) is 11.5 Å². The quantitative estimate of drug-likeness (QED) is 0.445. The monoisotopic (exact) mass is 478 g/mol. The lowest BCUT2D eigenvalue weighted by Crippen LogP contribution is -2.28. The van der Waals surface area contributed by atoms with E-state index in [1.807, 2.05) is 13.8 Å². The molecule has 2 aliphatic carbocycles. The number of ether oxygens (including phenoxy) is 1. The second-order valence-corrected chi connectivity index (χ2v) is 10.4. The van der Waals surface area contributed by atoms with Gasteiger partial charge in [0.05, 0.1) is 6.61 Å². The van der Waals surface area contributed by atoms with Crippen LogP contribution in [-0.4, -0.2) is 27.7 Å². The third kappa shape index (κ3) is 5.21. The van der Waals surface area contributed by atoms with Crippen molar-refractivity contribution in [2.24, 2.45) is 11.7 Å². The summed E-state index contributed by atoms with van der Waals surface area (Å²) in [6, 6.07) is 7.97. The fraction of sp³-hybridized carbons (Fsp3) is 0.481. The van der Waals surface area contributed by atoms with Crippen molar-refractivity contribution in [3.8, 4) is 17.3 Å². The number of nitrogens with zero attached hydrogens (tertiary/aromatic N) is 3. The number of pyridine rings is 1. The Morgan fingerprint density at radius 2 is 1.86 bits per heavy atom. The summed E-state index contributed by atoms with van der Waals surface area (Å²) in [5, 5.41) is 8.33. The summed E-state index contributed by atoms with van der Waals surface area (Å²) < 4.78 is 25.3. The maximum Gasteiger partial charge on any atom is 0.267 e. The van der Waals surface area contributed by atoms with Crippen LogP contribution in [0.3, 0.4) is 0 Å². The normalized spacial score (nSPS) is 16.5. The molecular weight excluding hydrogens is 447 g/mol. The van der Waals surface area contributed by atoms with Crippen LogP contribution in [0.4, 0.5) is 4.39 Å². The van der Waals surface area contributed by atoms with Crippen LogP contribution in [0.25, 0.3) is 11.5 Å². The fourth-order valence-corrected chi connectivity index (χ4v) is 4.85. The van der Waals surface area contributed by atoms with Crippen LogP contribution in [0, 0.1) is 11.7 Å². The SMILES string of the molecule is CC(C)(Cc1nnc(-c2ccc(F)cc2)o1)c1cc(C2CCCC2)c(OCC2CC2)nc1C(N)=O. The number of rotatable bonds is 9. The van der Waals surface area contributed by atoms with E-state index in [1.54, 1.807) is 12.1 Å². The number of carbonyl (C=O) groups is 1. The number of benzene rings is 1. The van der Waals surface area contributed by atoms with E-state index < -0.39 is 11.3 Å². The number of primary amides is 1. The fourth-order valence-electron chi connectivity index (χ4n) is 4.85. The first kappa shape index (κ1) is 23.5. The Balaban J connectivity index is 1.47. The Morgan fingerprint density at radius 3 is 2.51 bits per heavy atom. The molecule has 0 radical (unpaired) electrons. The zero-order chi connectivity index (χ0) is 24.6. The van der Waals surface area contributed by atoms with Crippen LogP contribution in [0.2, 0.25) is 0 Å². The van der Waals surface area contributed by atoms with Gasteiger partial charge in [0.2, 0.25) is 17.7 Å². The van der Waals surface area contributed by atoms with Crippen molar-refractivity contribution >= 4 is 5.91 Å². The van der Waals surface area contributed by atoms with E-state index in [-0.39, 0.29) is 11.5 Å². The smallest absolute Gasteiger partial charge is 0.267 e. The number of amides is 1. The third-order valence-corrected chi connectivity index (χ3v) is 7.08. The van der Waals surface area contributed by atoms with E-state index in [0.717, 1.165) is 24.0 Å². The van der Waals surface area contributed by atoms with E-state index in [1.165, 1.54) is 37.8 Å². The molecule has 0 spiro atoms. The molecule has 5 rings (SSSR count). The number of halogens is 1. The summed E-state index contributed by atoms with van der Waals surface area (Å²) in [7, 11) is 0. The third-order valence-electron chi connectivity index (χ3n) is 7.08. The molecule has 0 bridgehead atoms. The summed E-state index contributed by atoms with van der Waals surface area (Å²) in [6.45, 7) is 4.66. The summed E-state index contributed by atoms with van der Waals surface area (Å²) in [5.74, 6) is 1.31. The molecule has 7 nitrogen and oxygen atoms in total. The molecule has 8 heteroatoms. The molecule has 2 saturated carbocycles.